The molecule has 0 bridgehead atoms. The molecule has 0 radical (unpaired) electrons. The number of ketones is 1. The molecule has 0 saturated heterocycles. The van der Waals surface area contributed by atoms with Crippen molar-refractivity contribution in [2.75, 3.05) is 6.54 Å². The summed E-state index contributed by atoms with van der Waals surface area (Å²) >= 11 is 0. The molecule has 3 rings (SSSR count). The Morgan fingerprint density at radius 3 is 2.45 bits per heavy atom. The molecule has 1 aromatic rings. The summed E-state index contributed by atoms with van der Waals surface area (Å²) in [6.07, 6.45) is 2.80. The van der Waals surface area contributed by atoms with Crippen molar-refractivity contribution in [3.63, 3.8) is 0 Å². The number of Topliss-reactive ketones (excluding diaryl/α,β-unsaturated/α-hetero) is 1. The zero-order valence-corrected chi connectivity index (χ0v) is 17.6. The van der Waals surface area contributed by atoms with Crippen molar-refractivity contribution in [2.45, 2.75) is 65.6 Å². The van der Waals surface area contributed by atoms with E-state index in [2.05, 4.69) is 42.6 Å². The maximum Gasteiger partial charge on any atom is 0.441 e. The molecule has 0 spiro atoms. The molecule has 1 aliphatic carbocycles. The van der Waals surface area contributed by atoms with Crippen molar-refractivity contribution >= 4 is 17.5 Å². The van der Waals surface area contributed by atoms with Crippen LogP contribution in [0.1, 0.15) is 57.6 Å². The Bertz CT molecular complexity index is 788. The van der Waals surface area contributed by atoms with E-state index in [0.29, 0.717) is 18.4 Å². The van der Waals surface area contributed by atoms with Gasteiger partial charge in [0.25, 0.3) is 5.78 Å². The second-order valence-corrected chi connectivity index (χ2v) is 8.87. The molecule has 1 saturated carbocycles. The molecule has 0 amide bonds. The molecule has 3 atom stereocenters. The molecule has 1 heterocycles. The standard InChI is InChI=1S/C23H31N3O3/c1-15(2)19-9-8-16(3)12-21(19)29-23(28)22(25-24)20(27)10-11-26-13-17-6-4-5-7-18(17)14-26/h4-7,15-16,19,21H,8-14H2,1-3H3/t16-,19+,21-/m1/s1. The van der Waals surface area contributed by atoms with Gasteiger partial charge in [0.05, 0.1) is 0 Å². The number of benzene rings is 1. The van der Waals surface area contributed by atoms with Gasteiger partial charge in [-0.15, -0.1) is 0 Å². The molecular formula is C23H31N3O3. The Morgan fingerprint density at radius 1 is 1.21 bits per heavy atom. The lowest BCUT2D eigenvalue weighted by Gasteiger charge is -2.36. The third kappa shape index (κ3) is 5.20. The third-order valence-electron chi connectivity index (χ3n) is 6.34. The zero-order valence-electron chi connectivity index (χ0n) is 17.6. The van der Waals surface area contributed by atoms with Gasteiger partial charge >= 0.3 is 11.7 Å². The van der Waals surface area contributed by atoms with Crippen molar-refractivity contribution in [3.05, 3.63) is 40.9 Å². The molecule has 0 N–H and O–H groups in total. The predicted molar refractivity (Wildman–Crippen MR) is 110 cm³/mol. The smallest absolute Gasteiger partial charge is 0.441 e. The van der Waals surface area contributed by atoms with Crippen LogP contribution in [0.2, 0.25) is 0 Å². The van der Waals surface area contributed by atoms with Crippen LogP contribution in [-0.2, 0) is 27.4 Å². The van der Waals surface area contributed by atoms with Gasteiger partial charge < -0.3 is 10.3 Å². The Hall–Kier alpha value is -2.30. The van der Waals surface area contributed by atoms with Crippen molar-refractivity contribution in [2.24, 2.45) is 17.8 Å². The van der Waals surface area contributed by atoms with Gasteiger partial charge in [-0.25, -0.2) is 4.79 Å². The predicted octanol–water partition coefficient (Wildman–Crippen LogP) is 3.64. The summed E-state index contributed by atoms with van der Waals surface area (Å²) in [5.41, 5.74) is 11.4. The molecule has 1 aromatic carbocycles. The zero-order chi connectivity index (χ0) is 21.0. The lowest BCUT2D eigenvalue weighted by molar-refractivity contribution is -0.153. The van der Waals surface area contributed by atoms with Crippen LogP contribution in [0.25, 0.3) is 5.53 Å². The maximum absolute atomic E-state index is 12.6. The van der Waals surface area contributed by atoms with Crippen LogP contribution < -0.4 is 0 Å². The van der Waals surface area contributed by atoms with Crippen molar-refractivity contribution < 1.29 is 19.1 Å². The van der Waals surface area contributed by atoms with E-state index in [4.69, 9.17) is 4.74 Å². The van der Waals surface area contributed by atoms with Gasteiger partial charge in [-0.3, -0.25) is 9.69 Å². The second kappa shape index (κ2) is 9.47. The highest BCUT2D eigenvalue weighted by molar-refractivity contribution is 6.62. The highest BCUT2D eigenvalue weighted by Crippen LogP contribution is 2.35. The number of carbonyl (C=O) groups excluding carboxylic acids is 2. The van der Waals surface area contributed by atoms with E-state index < -0.39 is 17.5 Å². The summed E-state index contributed by atoms with van der Waals surface area (Å²) < 4.78 is 5.67. The van der Waals surface area contributed by atoms with Crippen LogP contribution in [-0.4, -0.2) is 39.8 Å². The minimum absolute atomic E-state index is 0.122. The molecule has 1 fully saturated rings. The largest absolute Gasteiger partial charge is 0.453 e. The summed E-state index contributed by atoms with van der Waals surface area (Å²) in [6, 6.07) is 8.20. The van der Waals surface area contributed by atoms with E-state index in [1.807, 2.05) is 12.1 Å². The van der Waals surface area contributed by atoms with E-state index in [-0.39, 0.29) is 18.4 Å². The summed E-state index contributed by atoms with van der Waals surface area (Å²) in [5, 5.41) is 0. The first-order valence-corrected chi connectivity index (χ1v) is 10.6. The lowest BCUT2D eigenvalue weighted by Crippen LogP contribution is -2.39. The normalized spacial score (nSPS) is 24.1. The van der Waals surface area contributed by atoms with E-state index in [0.717, 1.165) is 32.4 Å². The van der Waals surface area contributed by atoms with Crippen LogP contribution in [0.4, 0.5) is 0 Å². The highest BCUT2D eigenvalue weighted by Gasteiger charge is 2.38. The Balaban J connectivity index is 1.55. The molecule has 2 aliphatic rings. The summed E-state index contributed by atoms with van der Waals surface area (Å²) in [4.78, 5) is 30.3. The lowest BCUT2D eigenvalue weighted by atomic mass is 9.75. The van der Waals surface area contributed by atoms with Crippen LogP contribution in [0, 0.1) is 17.8 Å². The fourth-order valence-electron chi connectivity index (χ4n) is 4.59. The fraction of sp³-hybridized carbons (Fsp3) is 0.609. The van der Waals surface area contributed by atoms with Crippen molar-refractivity contribution in [1.29, 1.82) is 0 Å². The Morgan fingerprint density at radius 2 is 1.86 bits per heavy atom. The quantitative estimate of drug-likeness (QED) is 0.231. The number of ether oxygens (including phenoxy) is 1. The monoisotopic (exact) mass is 397 g/mol. The van der Waals surface area contributed by atoms with E-state index >= 15 is 0 Å². The Labute approximate surface area is 172 Å². The van der Waals surface area contributed by atoms with E-state index in [9.17, 15) is 15.1 Å². The van der Waals surface area contributed by atoms with Crippen molar-refractivity contribution in [1.82, 2.24) is 4.90 Å². The minimum atomic E-state index is -0.799. The van der Waals surface area contributed by atoms with Crippen molar-refractivity contribution in [3.8, 4) is 0 Å². The summed E-state index contributed by atoms with van der Waals surface area (Å²) in [5.74, 6) is -0.134. The summed E-state index contributed by atoms with van der Waals surface area (Å²) in [7, 11) is 0. The fourth-order valence-corrected chi connectivity index (χ4v) is 4.59. The van der Waals surface area contributed by atoms with Crippen LogP contribution in [0.5, 0.6) is 0 Å². The van der Waals surface area contributed by atoms with E-state index in [1.165, 1.54) is 11.1 Å². The molecule has 29 heavy (non-hydrogen) atoms. The average Bonchev–Trinajstić information content (AvgIpc) is 3.09. The second-order valence-electron chi connectivity index (χ2n) is 8.87. The molecular weight excluding hydrogens is 366 g/mol. The molecule has 6 heteroatoms. The maximum atomic E-state index is 12.6. The first-order valence-electron chi connectivity index (χ1n) is 10.6. The first kappa shape index (κ1) is 21.4. The molecule has 156 valence electrons. The van der Waals surface area contributed by atoms with Gasteiger partial charge in [-0.1, -0.05) is 51.5 Å². The number of rotatable bonds is 7. The SMILES string of the molecule is CC(C)[C@@H]1CC[C@@H](C)C[C@H]1OC(=O)C(=[N+]=[N-])C(=O)CCN1Cc2ccccc2C1. The van der Waals surface area contributed by atoms with Crippen LogP contribution in [0.3, 0.4) is 0 Å². The minimum Gasteiger partial charge on any atom is -0.453 e. The van der Waals surface area contributed by atoms with Gasteiger partial charge in [-0.05, 0) is 41.7 Å². The average molecular weight is 398 g/mol. The molecule has 1 aliphatic heterocycles. The van der Waals surface area contributed by atoms with Crippen LogP contribution >= 0.6 is 0 Å². The van der Waals surface area contributed by atoms with Crippen LogP contribution in [0.15, 0.2) is 24.3 Å². The molecule has 0 aromatic heterocycles. The number of esters is 1. The van der Waals surface area contributed by atoms with Gasteiger partial charge in [0, 0.05) is 26.1 Å². The summed E-state index contributed by atoms with van der Waals surface area (Å²) in [6.45, 7) is 8.49. The van der Waals surface area contributed by atoms with E-state index in [1.54, 1.807) is 0 Å². The number of hydrogen-bond acceptors (Lipinski definition) is 4. The topological polar surface area (TPSA) is 83.0 Å². The van der Waals surface area contributed by atoms with Gasteiger partial charge in [-0.2, -0.15) is 4.79 Å². The molecule has 0 unspecified atom stereocenters. The molecule has 6 nitrogen and oxygen atoms in total. The third-order valence-corrected chi connectivity index (χ3v) is 6.34. The Kier molecular flexibility index (Phi) is 6.99. The number of hydrogen-bond donors (Lipinski definition) is 0. The van der Waals surface area contributed by atoms with Gasteiger partial charge in [0.15, 0.2) is 0 Å². The number of nitrogens with zero attached hydrogens (tertiary/aromatic N) is 3. The highest BCUT2D eigenvalue weighted by atomic mass is 16.5. The van der Waals surface area contributed by atoms with Gasteiger partial charge in [0.1, 0.15) is 6.10 Å². The number of fused-ring (bicyclic) bond motifs is 1. The van der Waals surface area contributed by atoms with Gasteiger partial charge in [0.2, 0.25) is 0 Å². The number of carbonyl (C=O) groups is 2. The first-order chi connectivity index (χ1) is 13.9.